The lowest BCUT2D eigenvalue weighted by Crippen LogP contribution is -2.20. The zero-order chi connectivity index (χ0) is 26.2. The molecule has 1 saturated carbocycles. The Hall–Kier alpha value is -4.43. The summed E-state index contributed by atoms with van der Waals surface area (Å²) in [6.07, 6.45) is 12.7. The van der Waals surface area contributed by atoms with Crippen molar-refractivity contribution in [3.63, 3.8) is 0 Å². The molecule has 8 heteroatoms. The highest BCUT2D eigenvalue weighted by Gasteiger charge is 2.16. The largest absolute Gasteiger partial charge is 0.353 e. The van der Waals surface area contributed by atoms with Crippen LogP contribution in [0, 0.1) is 11.7 Å². The molecular weight excluding hydrogens is 489 g/mol. The number of pyridine rings is 3. The van der Waals surface area contributed by atoms with Crippen LogP contribution in [-0.2, 0) is 6.54 Å². The molecule has 0 saturated heterocycles. The SMILES string of the molecule is Fc1ccc(-c2nccc3[nH]c(-c4n[nH]c5cnc(-c6cncc(CNCC7CCCC7)c6)cc45)cc23)cc1. The third-order valence-corrected chi connectivity index (χ3v) is 7.70. The maximum atomic E-state index is 13.5. The number of hydrogen-bond donors (Lipinski definition) is 3. The van der Waals surface area contributed by atoms with Crippen LogP contribution in [0.4, 0.5) is 4.39 Å². The van der Waals surface area contributed by atoms with Crippen molar-refractivity contribution in [3.05, 3.63) is 84.7 Å². The van der Waals surface area contributed by atoms with Gasteiger partial charge in [-0.1, -0.05) is 12.8 Å². The van der Waals surface area contributed by atoms with Gasteiger partial charge in [0.2, 0.25) is 0 Å². The molecule has 1 aliphatic carbocycles. The summed E-state index contributed by atoms with van der Waals surface area (Å²) in [7, 11) is 0. The number of hydrogen-bond acceptors (Lipinski definition) is 5. The molecule has 0 spiro atoms. The number of halogens is 1. The van der Waals surface area contributed by atoms with E-state index >= 15 is 0 Å². The Labute approximate surface area is 224 Å². The number of rotatable bonds is 7. The molecule has 3 N–H and O–H groups in total. The quantitative estimate of drug-likeness (QED) is 0.220. The Morgan fingerprint density at radius 1 is 0.846 bits per heavy atom. The van der Waals surface area contributed by atoms with Gasteiger partial charge in [0.1, 0.15) is 11.5 Å². The van der Waals surface area contributed by atoms with Crippen LogP contribution >= 0.6 is 0 Å². The fraction of sp³-hybridized carbons (Fsp3) is 0.226. The molecule has 5 aromatic heterocycles. The van der Waals surface area contributed by atoms with Crippen LogP contribution in [0.5, 0.6) is 0 Å². The summed E-state index contributed by atoms with van der Waals surface area (Å²) in [5.74, 6) is 0.533. The summed E-state index contributed by atoms with van der Waals surface area (Å²) in [6.45, 7) is 1.87. The molecule has 7 nitrogen and oxygen atoms in total. The van der Waals surface area contributed by atoms with Crippen molar-refractivity contribution in [3.8, 4) is 33.9 Å². The zero-order valence-corrected chi connectivity index (χ0v) is 21.4. The van der Waals surface area contributed by atoms with Crippen molar-refractivity contribution in [1.82, 2.24) is 35.5 Å². The molecule has 0 atom stereocenters. The van der Waals surface area contributed by atoms with Crippen LogP contribution in [0.2, 0.25) is 0 Å². The number of aromatic amines is 2. The molecule has 1 aliphatic rings. The van der Waals surface area contributed by atoms with Crippen LogP contribution in [-0.4, -0.2) is 36.7 Å². The van der Waals surface area contributed by atoms with E-state index in [1.165, 1.54) is 37.8 Å². The lowest BCUT2D eigenvalue weighted by molar-refractivity contribution is 0.489. The fourth-order valence-corrected chi connectivity index (χ4v) is 5.66. The van der Waals surface area contributed by atoms with E-state index in [0.29, 0.717) is 0 Å². The van der Waals surface area contributed by atoms with Gasteiger partial charge in [0.25, 0.3) is 0 Å². The van der Waals surface area contributed by atoms with E-state index < -0.39 is 0 Å². The lowest BCUT2D eigenvalue weighted by Gasteiger charge is -2.11. The first-order valence-corrected chi connectivity index (χ1v) is 13.4. The standard InChI is InChI=1S/C31H28FN7/c32-23-7-5-21(6-8-23)30-24-13-28(37-26(24)9-10-35-30)31-25-12-27(36-18-29(25)38-39-31)22-11-20(16-34-17-22)15-33-14-19-3-1-2-4-19/h5-13,16-19,33,37H,1-4,14-15H2,(H,38,39). The number of nitrogens with zero attached hydrogens (tertiary/aromatic N) is 4. The highest BCUT2D eigenvalue weighted by molar-refractivity contribution is 6.00. The van der Waals surface area contributed by atoms with E-state index in [9.17, 15) is 4.39 Å². The summed E-state index contributed by atoms with van der Waals surface area (Å²) in [5, 5.41) is 13.2. The molecule has 1 aromatic carbocycles. The summed E-state index contributed by atoms with van der Waals surface area (Å²) >= 11 is 0. The maximum absolute atomic E-state index is 13.5. The first kappa shape index (κ1) is 23.7. The van der Waals surface area contributed by atoms with Crippen molar-refractivity contribution in [2.75, 3.05) is 6.54 Å². The minimum Gasteiger partial charge on any atom is -0.353 e. The molecule has 0 unspecified atom stereocenters. The first-order valence-electron chi connectivity index (χ1n) is 13.4. The average Bonchev–Trinajstić information content (AvgIpc) is 3.73. The Balaban J connectivity index is 1.20. The molecule has 0 aliphatic heterocycles. The highest BCUT2D eigenvalue weighted by atomic mass is 19.1. The molecule has 6 aromatic rings. The zero-order valence-electron chi connectivity index (χ0n) is 21.4. The second-order valence-corrected chi connectivity index (χ2v) is 10.4. The molecule has 7 rings (SSSR count). The molecule has 5 heterocycles. The molecule has 1 fully saturated rings. The number of aromatic nitrogens is 6. The van der Waals surface area contributed by atoms with Gasteiger partial charge in [-0.25, -0.2) is 4.39 Å². The van der Waals surface area contributed by atoms with Gasteiger partial charge in [-0.2, -0.15) is 5.10 Å². The Morgan fingerprint density at radius 2 is 1.69 bits per heavy atom. The van der Waals surface area contributed by atoms with E-state index in [1.54, 1.807) is 18.3 Å². The van der Waals surface area contributed by atoms with Gasteiger partial charge in [0.15, 0.2) is 0 Å². The molecule has 0 amide bonds. The van der Waals surface area contributed by atoms with E-state index in [-0.39, 0.29) is 5.82 Å². The molecular formula is C31H28FN7. The van der Waals surface area contributed by atoms with Crippen molar-refractivity contribution in [2.24, 2.45) is 5.92 Å². The molecule has 0 radical (unpaired) electrons. The number of benzene rings is 1. The number of nitrogens with one attached hydrogen (secondary N) is 3. The second kappa shape index (κ2) is 10.0. The van der Waals surface area contributed by atoms with Crippen LogP contribution in [0.1, 0.15) is 31.2 Å². The average molecular weight is 518 g/mol. The van der Waals surface area contributed by atoms with Crippen LogP contribution in [0.25, 0.3) is 55.7 Å². The topological polar surface area (TPSA) is 95.2 Å². The Morgan fingerprint density at radius 3 is 2.56 bits per heavy atom. The van der Waals surface area contributed by atoms with Gasteiger partial charge >= 0.3 is 0 Å². The summed E-state index contributed by atoms with van der Waals surface area (Å²) < 4.78 is 13.5. The minimum atomic E-state index is -0.269. The summed E-state index contributed by atoms with van der Waals surface area (Å²) in [4.78, 5) is 17.2. The Bertz CT molecular complexity index is 1760. The van der Waals surface area contributed by atoms with Gasteiger partial charge in [0, 0.05) is 52.6 Å². The third-order valence-electron chi connectivity index (χ3n) is 7.70. The fourth-order valence-electron chi connectivity index (χ4n) is 5.66. The summed E-state index contributed by atoms with van der Waals surface area (Å²) in [5.41, 5.74) is 8.08. The van der Waals surface area contributed by atoms with Crippen LogP contribution in [0.3, 0.4) is 0 Å². The smallest absolute Gasteiger partial charge is 0.123 e. The lowest BCUT2D eigenvalue weighted by atomic mass is 10.1. The van der Waals surface area contributed by atoms with Gasteiger partial charge in [-0.15, -0.1) is 0 Å². The number of H-pyrrole nitrogens is 2. The van der Waals surface area contributed by atoms with E-state index in [2.05, 4.69) is 53.6 Å². The molecule has 39 heavy (non-hydrogen) atoms. The molecule has 194 valence electrons. The second-order valence-electron chi connectivity index (χ2n) is 10.4. The highest BCUT2D eigenvalue weighted by Crippen LogP contribution is 2.34. The summed E-state index contributed by atoms with van der Waals surface area (Å²) in [6, 6.07) is 14.6. The van der Waals surface area contributed by atoms with Crippen molar-refractivity contribution < 1.29 is 4.39 Å². The van der Waals surface area contributed by atoms with Crippen molar-refractivity contribution in [2.45, 2.75) is 32.2 Å². The van der Waals surface area contributed by atoms with Gasteiger partial charge in [0.05, 0.1) is 28.8 Å². The van der Waals surface area contributed by atoms with Crippen molar-refractivity contribution >= 4 is 21.8 Å². The monoisotopic (exact) mass is 517 g/mol. The molecule has 0 bridgehead atoms. The van der Waals surface area contributed by atoms with Gasteiger partial charge in [-0.05, 0) is 79.4 Å². The van der Waals surface area contributed by atoms with E-state index in [0.717, 1.165) is 80.3 Å². The first-order chi connectivity index (χ1) is 19.2. The van der Waals surface area contributed by atoms with Gasteiger partial charge in [-0.3, -0.25) is 20.1 Å². The van der Waals surface area contributed by atoms with Crippen LogP contribution in [0.15, 0.2) is 73.3 Å². The predicted molar refractivity (Wildman–Crippen MR) is 151 cm³/mol. The van der Waals surface area contributed by atoms with Crippen LogP contribution < -0.4 is 5.32 Å². The number of fused-ring (bicyclic) bond motifs is 2. The Kier molecular flexibility index (Phi) is 6.09. The minimum absolute atomic E-state index is 0.269. The van der Waals surface area contributed by atoms with Crippen molar-refractivity contribution in [1.29, 1.82) is 0 Å². The van der Waals surface area contributed by atoms with E-state index in [1.807, 2.05) is 24.7 Å². The predicted octanol–water partition coefficient (Wildman–Crippen LogP) is 6.65. The van der Waals surface area contributed by atoms with E-state index in [4.69, 9.17) is 0 Å². The third kappa shape index (κ3) is 4.68. The normalized spacial score (nSPS) is 14.1. The van der Waals surface area contributed by atoms with Gasteiger partial charge < -0.3 is 10.3 Å². The maximum Gasteiger partial charge on any atom is 0.123 e.